The van der Waals surface area contributed by atoms with Crippen LogP contribution in [0, 0.1) is 11.3 Å². The van der Waals surface area contributed by atoms with E-state index in [1.807, 2.05) is 0 Å². The van der Waals surface area contributed by atoms with Gasteiger partial charge in [0, 0.05) is 11.8 Å². The summed E-state index contributed by atoms with van der Waals surface area (Å²) < 4.78 is 30.2. The van der Waals surface area contributed by atoms with Gasteiger partial charge in [-0.1, -0.05) is 0 Å². The van der Waals surface area contributed by atoms with Crippen LogP contribution in [-0.2, 0) is 14.9 Å². The summed E-state index contributed by atoms with van der Waals surface area (Å²) in [6.45, 7) is 0. The molecule has 2 atom stereocenters. The molecule has 0 spiro atoms. The third-order valence-electron chi connectivity index (χ3n) is 3.23. The predicted molar refractivity (Wildman–Crippen MR) is 45.8 cm³/mol. The molecule has 0 radical (unpaired) electrons. The summed E-state index contributed by atoms with van der Waals surface area (Å²) in [5.74, 6) is 0.0330. The van der Waals surface area contributed by atoms with E-state index < -0.39 is 15.5 Å². The van der Waals surface area contributed by atoms with Crippen molar-refractivity contribution in [2.45, 2.75) is 25.7 Å². The molecule has 13 heavy (non-hydrogen) atoms. The van der Waals surface area contributed by atoms with Gasteiger partial charge in [0.15, 0.2) is 0 Å². The number of fused-ring (bicyclic) bond motifs is 2. The van der Waals surface area contributed by atoms with Gasteiger partial charge in [-0.25, -0.2) is 0 Å². The minimum atomic E-state index is -4.01. The molecule has 2 saturated carbocycles. The number of Topliss-reactive ketones (excluding diaryl/α,β-unsaturated/α-hetero) is 1. The van der Waals surface area contributed by atoms with E-state index in [1.54, 1.807) is 0 Å². The lowest BCUT2D eigenvalue weighted by Gasteiger charge is -2.22. The van der Waals surface area contributed by atoms with Crippen LogP contribution in [-0.4, -0.2) is 24.5 Å². The summed E-state index contributed by atoms with van der Waals surface area (Å²) in [4.78, 5) is 11.5. The van der Waals surface area contributed by atoms with E-state index in [9.17, 15) is 13.2 Å². The Bertz CT molecular complexity index is 345. The van der Waals surface area contributed by atoms with E-state index in [2.05, 4.69) is 0 Å². The van der Waals surface area contributed by atoms with Gasteiger partial charge in [-0.2, -0.15) is 8.42 Å². The molecule has 2 bridgehead atoms. The molecule has 4 nitrogen and oxygen atoms in total. The van der Waals surface area contributed by atoms with Crippen LogP contribution in [0.2, 0.25) is 0 Å². The predicted octanol–water partition coefficient (Wildman–Crippen LogP) is 0.633. The molecule has 0 aliphatic heterocycles. The Morgan fingerprint density at radius 2 is 2.23 bits per heavy atom. The Morgan fingerprint density at radius 1 is 1.54 bits per heavy atom. The van der Waals surface area contributed by atoms with Gasteiger partial charge in [-0.3, -0.25) is 9.35 Å². The molecule has 0 unspecified atom stereocenters. The van der Waals surface area contributed by atoms with Crippen molar-refractivity contribution in [2.24, 2.45) is 11.3 Å². The molecular formula is C8H12O4S. The lowest BCUT2D eigenvalue weighted by Crippen LogP contribution is -2.33. The fourth-order valence-electron chi connectivity index (χ4n) is 2.70. The zero-order chi connectivity index (χ0) is 9.69. The first-order chi connectivity index (χ1) is 5.91. The third kappa shape index (κ3) is 1.50. The van der Waals surface area contributed by atoms with Gasteiger partial charge in [0.25, 0.3) is 10.1 Å². The van der Waals surface area contributed by atoms with Gasteiger partial charge in [0.1, 0.15) is 5.78 Å². The van der Waals surface area contributed by atoms with E-state index in [1.165, 1.54) is 0 Å². The van der Waals surface area contributed by atoms with Crippen LogP contribution < -0.4 is 0 Å². The Labute approximate surface area is 77.1 Å². The van der Waals surface area contributed by atoms with Crippen LogP contribution in [0.25, 0.3) is 0 Å². The molecule has 2 fully saturated rings. The molecule has 5 heteroatoms. The minimum Gasteiger partial charge on any atom is -0.299 e. The van der Waals surface area contributed by atoms with Gasteiger partial charge in [0.2, 0.25) is 0 Å². The fourth-order valence-corrected chi connectivity index (χ4v) is 3.83. The fraction of sp³-hybridized carbons (Fsp3) is 0.875. The standard InChI is InChI=1S/C8H12O4S/c9-7-3-6-1-2-8(7,4-6)5-13(10,11)12/h6H,1-5H2,(H,10,11,12)/t6-,8-/m1/s1. The lowest BCUT2D eigenvalue weighted by molar-refractivity contribution is -0.125. The molecule has 74 valence electrons. The monoisotopic (exact) mass is 204 g/mol. The zero-order valence-corrected chi connectivity index (χ0v) is 8.01. The van der Waals surface area contributed by atoms with Gasteiger partial charge >= 0.3 is 0 Å². The minimum absolute atomic E-state index is 0.0291. The number of rotatable bonds is 2. The van der Waals surface area contributed by atoms with Crippen molar-refractivity contribution in [1.82, 2.24) is 0 Å². The highest BCUT2D eigenvalue weighted by molar-refractivity contribution is 7.85. The summed E-state index contributed by atoms with van der Waals surface area (Å²) >= 11 is 0. The number of hydrogen-bond donors (Lipinski definition) is 1. The second-order valence-corrected chi connectivity index (χ2v) is 5.70. The molecule has 1 N–H and O–H groups in total. The lowest BCUT2D eigenvalue weighted by atomic mass is 9.85. The average Bonchev–Trinajstić information content (AvgIpc) is 2.39. The molecule has 2 aliphatic rings. The highest BCUT2D eigenvalue weighted by Gasteiger charge is 2.53. The average molecular weight is 204 g/mol. The van der Waals surface area contributed by atoms with E-state index in [0.717, 1.165) is 6.42 Å². The highest BCUT2D eigenvalue weighted by Crippen LogP contribution is 2.52. The van der Waals surface area contributed by atoms with Gasteiger partial charge in [-0.05, 0) is 25.2 Å². The molecule has 2 aliphatic carbocycles. The molecule has 0 aromatic carbocycles. The summed E-state index contributed by atoms with van der Waals surface area (Å²) in [5.41, 5.74) is -0.724. The van der Waals surface area contributed by atoms with E-state index >= 15 is 0 Å². The van der Waals surface area contributed by atoms with E-state index in [0.29, 0.717) is 25.2 Å². The molecule has 2 rings (SSSR count). The molecular weight excluding hydrogens is 192 g/mol. The summed E-state index contributed by atoms with van der Waals surface area (Å²) in [7, 11) is -4.01. The van der Waals surface area contributed by atoms with Crippen molar-refractivity contribution in [2.75, 3.05) is 5.75 Å². The SMILES string of the molecule is O=C1C[C@H]2CC[C@]1(CS(=O)(=O)O)C2. The van der Waals surface area contributed by atoms with Crippen molar-refractivity contribution in [1.29, 1.82) is 0 Å². The first-order valence-corrected chi connectivity index (χ1v) is 6.01. The van der Waals surface area contributed by atoms with Gasteiger partial charge < -0.3 is 0 Å². The molecule has 0 amide bonds. The van der Waals surface area contributed by atoms with Gasteiger partial charge in [0.05, 0.1) is 5.75 Å². The summed E-state index contributed by atoms with van der Waals surface area (Å²) in [5, 5.41) is 0. The summed E-state index contributed by atoms with van der Waals surface area (Å²) in [6.07, 6.45) is 2.73. The Balaban J connectivity index is 2.25. The van der Waals surface area contributed by atoms with Gasteiger partial charge in [-0.15, -0.1) is 0 Å². The Hall–Kier alpha value is -0.420. The highest BCUT2D eigenvalue weighted by atomic mass is 32.2. The number of carbonyl (C=O) groups is 1. The molecule has 0 heterocycles. The molecule has 0 aromatic heterocycles. The van der Waals surface area contributed by atoms with Crippen molar-refractivity contribution in [3.63, 3.8) is 0 Å². The maximum Gasteiger partial charge on any atom is 0.265 e. The van der Waals surface area contributed by atoms with E-state index in [4.69, 9.17) is 4.55 Å². The topological polar surface area (TPSA) is 71.4 Å². The Morgan fingerprint density at radius 3 is 2.62 bits per heavy atom. The normalized spacial score (nSPS) is 38.5. The number of hydrogen-bond acceptors (Lipinski definition) is 3. The van der Waals surface area contributed by atoms with Crippen LogP contribution in [0.4, 0.5) is 0 Å². The first kappa shape index (κ1) is 9.15. The van der Waals surface area contributed by atoms with Crippen LogP contribution in [0.5, 0.6) is 0 Å². The zero-order valence-electron chi connectivity index (χ0n) is 7.19. The van der Waals surface area contributed by atoms with Crippen molar-refractivity contribution in [3.8, 4) is 0 Å². The second-order valence-electron chi connectivity index (χ2n) is 4.24. The van der Waals surface area contributed by atoms with Crippen LogP contribution in [0.15, 0.2) is 0 Å². The maximum absolute atomic E-state index is 11.5. The quantitative estimate of drug-likeness (QED) is 0.670. The summed E-state index contributed by atoms with van der Waals surface area (Å²) in [6, 6.07) is 0. The maximum atomic E-state index is 11.5. The van der Waals surface area contributed by atoms with E-state index in [-0.39, 0.29) is 11.5 Å². The first-order valence-electron chi connectivity index (χ1n) is 4.40. The smallest absolute Gasteiger partial charge is 0.265 e. The van der Waals surface area contributed by atoms with Crippen molar-refractivity contribution < 1.29 is 17.8 Å². The van der Waals surface area contributed by atoms with Crippen LogP contribution in [0.3, 0.4) is 0 Å². The Kier molecular flexibility index (Phi) is 1.79. The van der Waals surface area contributed by atoms with Crippen molar-refractivity contribution >= 4 is 15.9 Å². The molecule has 0 saturated heterocycles. The second kappa shape index (κ2) is 2.54. The number of carbonyl (C=O) groups excluding carboxylic acids is 1. The largest absolute Gasteiger partial charge is 0.299 e. The van der Waals surface area contributed by atoms with Crippen LogP contribution >= 0.6 is 0 Å². The number of ketones is 1. The molecule has 0 aromatic rings. The third-order valence-corrected chi connectivity index (χ3v) is 4.15. The van der Waals surface area contributed by atoms with Crippen molar-refractivity contribution in [3.05, 3.63) is 0 Å². The van der Waals surface area contributed by atoms with Crippen LogP contribution in [0.1, 0.15) is 25.7 Å².